The van der Waals surface area contributed by atoms with Crippen LogP contribution in [0.15, 0.2) is 30.6 Å². The van der Waals surface area contributed by atoms with E-state index in [1.165, 1.54) is 0 Å². The number of carbonyl (C=O) groups excluding carboxylic acids is 1. The summed E-state index contributed by atoms with van der Waals surface area (Å²) in [5, 5.41) is 3.28. The van der Waals surface area contributed by atoms with Crippen molar-refractivity contribution in [3.8, 4) is 0 Å². The van der Waals surface area contributed by atoms with Crippen molar-refractivity contribution in [2.45, 2.75) is 26.9 Å². The summed E-state index contributed by atoms with van der Waals surface area (Å²) in [5.74, 6) is 1.02. The maximum atomic E-state index is 12.8. The maximum absolute atomic E-state index is 12.8. The third kappa shape index (κ3) is 2.63. The van der Waals surface area contributed by atoms with E-state index in [0.29, 0.717) is 6.54 Å². The van der Waals surface area contributed by atoms with Crippen molar-refractivity contribution >= 4 is 11.6 Å². The van der Waals surface area contributed by atoms with Crippen LogP contribution in [-0.4, -0.2) is 33.4 Å². The van der Waals surface area contributed by atoms with E-state index < -0.39 is 0 Å². The lowest BCUT2D eigenvalue weighted by molar-refractivity contribution is 0.0708. The van der Waals surface area contributed by atoms with Gasteiger partial charge in [0.25, 0.3) is 5.91 Å². The highest BCUT2D eigenvalue weighted by atomic mass is 16.2. The van der Waals surface area contributed by atoms with Gasteiger partial charge >= 0.3 is 0 Å². The molecule has 0 atom stereocenters. The summed E-state index contributed by atoms with van der Waals surface area (Å²) in [6, 6.07) is 5.93. The molecule has 0 saturated carbocycles. The fourth-order valence-corrected chi connectivity index (χ4v) is 2.70. The number of benzene rings is 1. The Labute approximate surface area is 124 Å². The van der Waals surface area contributed by atoms with Crippen molar-refractivity contribution in [1.82, 2.24) is 14.5 Å². The van der Waals surface area contributed by atoms with Gasteiger partial charge < -0.3 is 14.8 Å². The molecule has 2 heterocycles. The zero-order chi connectivity index (χ0) is 14.8. The van der Waals surface area contributed by atoms with Crippen LogP contribution in [0.4, 0.5) is 5.69 Å². The molecule has 1 amide bonds. The first kappa shape index (κ1) is 13.7. The number of carbonyl (C=O) groups is 1. The number of hydrogen-bond acceptors (Lipinski definition) is 3. The number of nitrogens with zero attached hydrogens (tertiary/aromatic N) is 3. The molecule has 1 aliphatic heterocycles. The average Bonchev–Trinajstić information content (AvgIpc) is 2.94. The number of aryl methyl sites for hydroxylation is 1. The lowest BCUT2D eigenvalue weighted by Crippen LogP contribution is -2.38. The Morgan fingerprint density at radius 3 is 3.05 bits per heavy atom. The normalized spacial score (nSPS) is 13.9. The second-order valence-electron chi connectivity index (χ2n) is 5.34. The van der Waals surface area contributed by atoms with E-state index in [1.54, 1.807) is 6.20 Å². The molecule has 1 N–H and O–H groups in total. The zero-order valence-electron chi connectivity index (χ0n) is 12.5. The molecule has 0 saturated heterocycles. The number of nitrogens with one attached hydrogen (secondary N) is 1. The lowest BCUT2D eigenvalue weighted by Gasteiger charge is -2.28. The van der Waals surface area contributed by atoms with Crippen LogP contribution in [-0.2, 0) is 13.1 Å². The van der Waals surface area contributed by atoms with Crippen LogP contribution >= 0.6 is 0 Å². The van der Waals surface area contributed by atoms with Crippen molar-refractivity contribution in [3.05, 3.63) is 47.5 Å². The van der Waals surface area contributed by atoms with Gasteiger partial charge in [0, 0.05) is 37.7 Å². The summed E-state index contributed by atoms with van der Waals surface area (Å²) < 4.78 is 2.10. The minimum atomic E-state index is 0.0696. The predicted molar refractivity (Wildman–Crippen MR) is 82.3 cm³/mol. The van der Waals surface area contributed by atoms with Gasteiger partial charge in [0.2, 0.25) is 0 Å². The Balaban J connectivity index is 1.86. The van der Waals surface area contributed by atoms with Gasteiger partial charge in [0.05, 0.1) is 12.1 Å². The van der Waals surface area contributed by atoms with Crippen molar-refractivity contribution in [3.63, 3.8) is 0 Å². The average molecular weight is 284 g/mol. The van der Waals surface area contributed by atoms with E-state index in [2.05, 4.69) is 14.9 Å². The second kappa shape index (κ2) is 5.60. The number of anilines is 1. The van der Waals surface area contributed by atoms with Gasteiger partial charge in [0.1, 0.15) is 5.82 Å². The minimum Gasteiger partial charge on any atom is -0.385 e. The van der Waals surface area contributed by atoms with Crippen molar-refractivity contribution < 1.29 is 4.79 Å². The molecule has 0 aliphatic carbocycles. The highest BCUT2D eigenvalue weighted by Crippen LogP contribution is 2.21. The van der Waals surface area contributed by atoms with Crippen LogP contribution in [0, 0.1) is 6.92 Å². The second-order valence-corrected chi connectivity index (χ2v) is 5.34. The molecular formula is C16H20N4O. The van der Waals surface area contributed by atoms with Crippen LogP contribution in [0.3, 0.4) is 0 Å². The first-order chi connectivity index (χ1) is 10.2. The predicted octanol–water partition coefficient (Wildman–Crippen LogP) is 2.28. The summed E-state index contributed by atoms with van der Waals surface area (Å²) >= 11 is 0. The summed E-state index contributed by atoms with van der Waals surface area (Å²) in [4.78, 5) is 19.0. The molecule has 0 unspecified atom stereocenters. The van der Waals surface area contributed by atoms with E-state index in [9.17, 15) is 4.79 Å². The van der Waals surface area contributed by atoms with Crippen molar-refractivity contribution in [1.29, 1.82) is 0 Å². The molecule has 1 aromatic carbocycles. The molecule has 2 aromatic rings. The lowest BCUT2D eigenvalue weighted by atomic mass is 10.1. The molecule has 1 aromatic heterocycles. The van der Waals surface area contributed by atoms with Crippen molar-refractivity contribution in [2.24, 2.45) is 0 Å². The summed E-state index contributed by atoms with van der Waals surface area (Å²) in [6.07, 6.45) is 3.76. The number of hydrogen-bond donors (Lipinski definition) is 1. The van der Waals surface area contributed by atoms with Crippen molar-refractivity contribution in [2.75, 3.05) is 18.4 Å². The molecule has 0 fully saturated rings. The first-order valence-electron chi connectivity index (χ1n) is 7.33. The largest absolute Gasteiger partial charge is 0.385 e. The van der Waals surface area contributed by atoms with E-state index in [1.807, 2.05) is 43.1 Å². The van der Waals surface area contributed by atoms with Gasteiger partial charge in [-0.25, -0.2) is 4.98 Å². The molecule has 0 spiro atoms. The molecule has 1 aliphatic rings. The Morgan fingerprint density at radius 1 is 1.38 bits per heavy atom. The Kier molecular flexibility index (Phi) is 3.64. The smallest absolute Gasteiger partial charge is 0.256 e. The van der Waals surface area contributed by atoms with Crippen LogP contribution < -0.4 is 5.32 Å². The Bertz CT molecular complexity index is 662. The highest BCUT2D eigenvalue weighted by Gasteiger charge is 2.23. The topological polar surface area (TPSA) is 50.2 Å². The van der Waals surface area contributed by atoms with Crippen LogP contribution in [0.1, 0.15) is 28.7 Å². The van der Waals surface area contributed by atoms with Gasteiger partial charge in [-0.1, -0.05) is 6.07 Å². The standard InChI is InChI=1S/C16H20N4O/c1-3-17-14-10-12(2)4-5-13(14)16(21)20-9-8-19-7-6-18-15(19)11-20/h4-7,10,17H,3,8-9,11H2,1-2H3. The SMILES string of the molecule is CCNc1cc(C)ccc1C(=O)N1CCn2ccnc2C1. The Hall–Kier alpha value is -2.30. The number of rotatable bonds is 3. The van der Waals surface area contributed by atoms with Gasteiger partial charge in [-0.3, -0.25) is 4.79 Å². The molecular weight excluding hydrogens is 264 g/mol. The maximum Gasteiger partial charge on any atom is 0.256 e. The minimum absolute atomic E-state index is 0.0696. The number of aromatic nitrogens is 2. The summed E-state index contributed by atoms with van der Waals surface area (Å²) in [7, 11) is 0. The molecule has 21 heavy (non-hydrogen) atoms. The molecule has 5 heteroatoms. The van der Waals surface area contributed by atoms with Crippen LogP contribution in [0.5, 0.6) is 0 Å². The monoisotopic (exact) mass is 284 g/mol. The fraction of sp³-hybridized carbons (Fsp3) is 0.375. The highest BCUT2D eigenvalue weighted by molar-refractivity contribution is 5.99. The van der Waals surface area contributed by atoms with Crippen LogP contribution in [0.2, 0.25) is 0 Å². The summed E-state index contributed by atoms with van der Waals surface area (Å²) in [5.41, 5.74) is 2.80. The number of imidazole rings is 1. The Morgan fingerprint density at radius 2 is 2.24 bits per heavy atom. The van der Waals surface area contributed by atoms with E-state index in [-0.39, 0.29) is 5.91 Å². The van der Waals surface area contributed by atoms with Gasteiger partial charge in [0.15, 0.2) is 0 Å². The first-order valence-corrected chi connectivity index (χ1v) is 7.33. The third-order valence-corrected chi connectivity index (χ3v) is 3.80. The number of amides is 1. The van der Waals surface area contributed by atoms with E-state index >= 15 is 0 Å². The molecule has 110 valence electrons. The molecule has 3 rings (SSSR count). The molecule has 5 nitrogen and oxygen atoms in total. The summed E-state index contributed by atoms with van der Waals surface area (Å²) in [6.45, 7) is 6.98. The van der Waals surface area contributed by atoms with Gasteiger partial charge in [-0.15, -0.1) is 0 Å². The van der Waals surface area contributed by atoms with Gasteiger partial charge in [-0.05, 0) is 31.5 Å². The quantitative estimate of drug-likeness (QED) is 0.940. The molecule has 0 bridgehead atoms. The van der Waals surface area contributed by atoms with Crippen LogP contribution in [0.25, 0.3) is 0 Å². The third-order valence-electron chi connectivity index (χ3n) is 3.80. The van der Waals surface area contributed by atoms with E-state index in [0.717, 1.165) is 42.3 Å². The fourth-order valence-electron chi connectivity index (χ4n) is 2.70. The number of fused-ring (bicyclic) bond motifs is 1. The zero-order valence-corrected chi connectivity index (χ0v) is 12.5. The molecule has 0 radical (unpaired) electrons. The van der Waals surface area contributed by atoms with Gasteiger partial charge in [-0.2, -0.15) is 0 Å². The van der Waals surface area contributed by atoms with E-state index in [4.69, 9.17) is 0 Å².